The van der Waals surface area contributed by atoms with E-state index in [1.807, 2.05) is 0 Å². The third kappa shape index (κ3) is 4.41. The molecule has 0 aliphatic carbocycles. The maximum atomic E-state index is 12.1. The summed E-state index contributed by atoms with van der Waals surface area (Å²) < 4.78 is 4.56. The Morgan fingerprint density at radius 3 is 2.50 bits per heavy atom. The molecule has 30 heavy (non-hydrogen) atoms. The van der Waals surface area contributed by atoms with Crippen LogP contribution in [0.25, 0.3) is 11.1 Å². The van der Waals surface area contributed by atoms with Crippen molar-refractivity contribution in [2.24, 2.45) is 0 Å². The average molecular weight is 407 g/mol. The third-order valence-electron chi connectivity index (χ3n) is 6.53. The van der Waals surface area contributed by atoms with E-state index in [1.54, 1.807) is 4.90 Å². The van der Waals surface area contributed by atoms with Gasteiger partial charge in [-0.1, -0.05) is 42.5 Å². The van der Waals surface area contributed by atoms with Gasteiger partial charge in [0.15, 0.2) is 0 Å². The van der Waals surface area contributed by atoms with Crippen molar-refractivity contribution in [3.63, 3.8) is 0 Å². The van der Waals surface area contributed by atoms with Gasteiger partial charge in [-0.05, 0) is 67.0 Å². The van der Waals surface area contributed by atoms with Gasteiger partial charge in [0.25, 0.3) is 0 Å². The summed E-state index contributed by atoms with van der Waals surface area (Å²) in [6, 6.07) is 16.0. The molecule has 2 aromatic carbocycles. The Morgan fingerprint density at radius 2 is 1.80 bits per heavy atom. The summed E-state index contributed by atoms with van der Waals surface area (Å²) in [7, 11) is 1.24. The summed E-state index contributed by atoms with van der Waals surface area (Å²) in [6.45, 7) is 5.70. The highest BCUT2D eigenvalue weighted by Gasteiger charge is 2.26. The summed E-state index contributed by atoms with van der Waals surface area (Å²) in [5.41, 5.74) is 6.13. The molecule has 0 aromatic heterocycles. The first-order valence-corrected chi connectivity index (χ1v) is 10.9. The molecule has 0 N–H and O–H groups in total. The number of hydrogen-bond donors (Lipinski definition) is 0. The lowest BCUT2D eigenvalue weighted by Gasteiger charge is -2.28. The number of ether oxygens (including phenoxy) is 1. The molecule has 1 fully saturated rings. The predicted molar refractivity (Wildman–Crippen MR) is 117 cm³/mol. The molecule has 0 spiro atoms. The zero-order valence-electron chi connectivity index (χ0n) is 17.9. The minimum Gasteiger partial charge on any atom is -0.462 e. The standard InChI is InChI=1S/C25H30N2O3/c1-18-4-3-13-26(18)14-11-19-5-7-20(8-6-19)21-9-10-23-17-27(15-12-22(23)16-21)24(28)25(29)30-2/h5-10,16,18H,3-4,11-15,17H2,1-2H3/t18-/m1/s1. The number of methoxy groups -OCH3 is 1. The van der Waals surface area contributed by atoms with Crippen molar-refractivity contribution in [3.8, 4) is 11.1 Å². The van der Waals surface area contributed by atoms with Crippen molar-refractivity contribution in [3.05, 3.63) is 59.2 Å². The normalized spacial score (nSPS) is 18.9. The lowest BCUT2D eigenvalue weighted by molar-refractivity contribution is -0.158. The Balaban J connectivity index is 1.40. The van der Waals surface area contributed by atoms with Crippen LogP contribution in [0.2, 0.25) is 0 Å². The minimum absolute atomic E-state index is 0.456. The molecule has 5 heteroatoms. The molecule has 2 aliphatic rings. The van der Waals surface area contributed by atoms with Crippen LogP contribution in [0, 0.1) is 0 Å². The maximum absolute atomic E-state index is 12.1. The maximum Gasteiger partial charge on any atom is 0.396 e. The molecule has 1 amide bonds. The van der Waals surface area contributed by atoms with Crippen molar-refractivity contribution in [2.45, 2.75) is 45.2 Å². The van der Waals surface area contributed by atoms with Crippen molar-refractivity contribution < 1.29 is 14.3 Å². The predicted octanol–water partition coefficient (Wildman–Crippen LogP) is 3.44. The lowest BCUT2D eigenvalue weighted by atomic mass is 9.94. The summed E-state index contributed by atoms with van der Waals surface area (Å²) >= 11 is 0. The van der Waals surface area contributed by atoms with E-state index in [4.69, 9.17) is 0 Å². The number of rotatable bonds is 4. The Morgan fingerprint density at radius 1 is 1.03 bits per heavy atom. The van der Waals surface area contributed by atoms with Gasteiger partial charge >= 0.3 is 11.9 Å². The summed E-state index contributed by atoms with van der Waals surface area (Å²) in [6.07, 6.45) is 4.50. The smallest absolute Gasteiger partial charge is 0.396 e. The van der Waals surface area contributed by atoms with Crippen LogP contribution in [0.15, 0.2) is 42.5 Å². The fourth-order valence-electron chi connectivity index (χ4n) is 4.58. The van der Waals surface area contributed by atoms with E-state index in [0.717, 1.165) is 31.0 Å². The molecule has 2 heterocycles. The van der Waals surface area contributed by atoms with Gasteiger partial charge in [-0.3, -0.25) is 4.79 Å². The van der Waals surface area contributed by atoms with Crippen LogP contribution in [0.5, 0.6) is 0 Å². The molecule has 0 radical (unpaired) electrons. The number of benzene rings is 2. The van der Waals surface area contributed by atoms with Crippen LogP contribution in [0.4, 0.5) is 0 Å². The van der Waals surface area contributed by atoms with E-state index in [0.29, 0.717) is 13.1 Å². The molecule has 158 valence electrons. The Labute approximate surface area is 178 Å². The minimum atomic E-state index is -0.797. The first kappa shape index (κ1) is 20.6. The number of likely N-dealkylation sites (tertiary alicyclic amines) is 1. The van der Waals surface area contributed by atoms with Crippen LogP contribution in [-0.4, -0.2) is 54.5 Å². The Kier molecular flexibility index (Phi) is 6.18. The number of fused-ring (bicyclic) bond motifs is 1. The van der Waals surface area contributed by atoms with E-state index >= 15 is 0 Å². The lowest BCUT2D eigenvalue weighted by Crippen LogP contribution is -2.40. The van der Waals surface area contributed by atoms with Crippen molar-refractivity contribution in [2.75, 3.05) is 26.7 Å². The molecule has 0 unspecified atom stereocenters. The van der Waals surface area contributed by atoms with Gasteiger partial charge in [0.05, 0.1) is 7.11 Å². The quantitative estimate of drug-likeness (QED) is 0.577. The SMILES string of the molecule is COC(=O)C(=O)N1CCc2cc(-c3ccc(CCN4CCC[C@H]4C)cc3)ccc2C1. The van der Waals surface area contributed by atoms with Gasteiger partial charge in [0, 0.05) is 25.7 Å². The van der Waals surface area contributed by atoms with E-state index in [1.165, 1.54) is 48.8 Å². The number of amides is 1. The highest BCUT2D eigenvalue weighted by molar-refractivity contribution is 6.32. The Hall–Kier alpha value is -2.66. The molecular formula is C25H30N2O3. The monoisotopic (exact) mass is 406 g/mol. The molecule has 2 aromatic rings. The molecule has 2 aliphatic heterocycles. The number of carbonyl (C=O) groups excluding carboxylic acids is 2. The van der Waals surface area contributed by atoms with Gasteiger partial charge in [0.2, 0.25) is 0 Å². The number of carbonyl (C=O) groups is 2. The fourth-order valence-corrected chi connectivity index (χ4v) is 4.58. The van der Waals surface area contributed by atoms with Gasteiger partial charge in [-0.15, -0.1) is 0 Å². The van der Waals surface area contributed by atoms with E-state index in [9.17, 15) is 9.59 Å². The van der Waals surface area contributed by atoms with Gasteiger partial charge < -0.3 is 14.5 Å². The highest BCUT2D eigenvalue weighted by atomic mass is 16.5. The number of nitrogens with zero attached hydrogens (tertiary/aromatic N) is 2. The zero-order valence-corrected chi connectivity index (χ0v) is 17.9. The second-order valence-corrected chi connectivity index (χ2v) is 8.43. The van der Waals surface area contributed by atoms with Gasteiger partial charge in [-0.25, -0.2) is 4.79 Å². The van der Waals surface area contributed by atoms with Gasteiger partial charge in [-0.2, -0.15) is 0 Å². The molecule has 0 saturated carbocycles. The van der Waals surface area contributed by atoms with Crippen molar-refractivity contribution >= 4 is 11.9 Å². The second-order valence-electron chi connectivity index (χ2n) is 8.43. The van der Waals surface area contributed by atoms with E-state index in [2.05, 4.69) is 59.0 Å². The third-order valence-corrected chi connectivity index (χ3v) is 6.53. The Bertz CT molecular complexity index is 922. The molecule has 1 atom stereocenters. The van der Waals surface area contributed by atoms with Crippen LogP contribution in [-0.2, 0) is 33.7 Å². The van der Waals surface area contributed by atoms with Crippen molar-refractivity contribution in [1.82, 2.24) is 9.80 Å². The van der Waals surface area contributed by atoms with E-state index in [-0.39, 0.29) is 0 Å². The highest BCUT2D eigenvalue weighted by Crippen LogP contribution is 2.27. The summed E-state index contributed by atoms with van der Waals surface area (Å²) in [4.78, 5) is 27.7. The molecule has 4 rings (SSSR count). The van der Waals surface area contributed by atoms with E-state index < -0.39 is 11.9 Å². The molecular weight excluding hydrogens is 376 g/mol. The molecule has 5 nitrogen and oxygen atoms in total. The summed E-state index contributed by atoms with van der Waals surface area (Å²) in [5, 5.41) is 0. The molecule has 0 bridgehead atoms. The summed E-state index contributed by atoms with van der Waals surface area (Å²) in [5.74, 6) is -1.36. The first-order chi connectivity index (χ1) is 14.5. The number of hydrogen-bond acceptors (Lipinski definition) is 4. The van der Waals surface area contributed by atoms with Crippen LogP contribution >= 0.6 is 0 Å². The van der Waals surface area contributed by atoms with Crippen LogP contribution in [0.1, 0.15) is 36.5 Å². The van der Waals surface area contributed by atoms with Crippen LogP contribution < -0.4 is 0 Å². The molecule has 1 saturated heterocycles. The number of esters is 1. The van der Waals surface area contributed by atoms with Crippen molar-refractivity contribution in [1.29, 1.82) is 0 Å². The topological polar surface area (TPSA) is 49.9 Å². The largest absolute Gasteiger partial charge is 0.462 e. The second kappa shape index (κ2) is 9.00. The fraction of sp³-hybridized carbons (Fsp3) is 0.440. The van der Waals surface area contributed by atoms with Crippen LogP contribution in [0.3, 0.4) is 0 Å². The zero-order chi connectivity index (χ0) is 21.1. The van der Waals surface area contributed by atoms with Gasteiger partial charge in [0.1, 0.15) is 0 Å². The average Bonchev–Trinajstić information content (AvgIpc) is 3.20. The first-order valence-electron chi connectivity index (χ1n) is 10.9.